The van der Waals surface area contributed by atoms with Gasteiger partial charge in [-0.1, -0.05) is 13.8 Å². The van der Waals surface area contributed by atoms with Crippen LogP contribution in [0.4, 0.5) is 5.69 Å². The number of phenols is 1. The summed E-state index contributed by atoms with van der Waals surface area (Å²) in [5.74, 6) is -0.105. The molecule has 108 valence electrons. The highest BCUT2D eigenvalue weighted by atomic mass is 32.2. The van der Waals surface area contributed by atoms with E-state index in [-0.39, 0.29) is 34.9 Å². The van der Waals surface area contributed by atoms with Crippen molar-refractivity contribution in [2.75, 3.05) is 12.3 Å². The standard InChI is InChI=1S/C12H20N2O4S/c1-8(2)11(5-6-15)14-19(17,18)9-3-4-12(16)10(13)7-9/h3-4,7-8,11,14-16H,5-6,13H2,1-2H3. The van der Waals surface area contributed by atoms with E-state index in [1.807, 2.05) is 13.8 Å². The summed E-state index contributed by atoms with van der Waals surface area (Å²) in [5, 5.41) is 18.2. The summed E-state index contributed by atoms with van der Waals surface area (Å²) in [6.45, 7) is 3.64. The normalized spacial score (nSPS) is 13.7. The molecule has 0 amide bonds. The van der Waals surface area contributed by atoms with Crippen LogP contribution in [0.1, 0.15) is 20.3 Å². The Morgan fingerprint density at radius 3 is 2.47 bits per heavy atom. The first-order valence-electron chi connectivity index (χ1n) is 5.99. The second-order valence-corrected chi connectivity index (χ2v) is 6.42. The highest BCUT2D eigenvalue weighted by molar-refractivity contribution is 7.89. The maximum absolute atomic E-state index is 12.2. The van der Waals surface area contributed by atoms with Crippen molar-refractivity contribution < 1.29 is 18.6 Å². The number of nitrogens with one attached hydrogen (secondary N) is 1. The van der Waals surface area contributed by atoms with Gasteiger partial charge in [0.25, 0.3) is 0 Å². The lowest BCUT2D eigenvalue weighted by atomic mass is 10.0. The number of hydrogen-bond donors (Lipinski definition) is 4. The van der Waals surface area contributed by atoms with Gasteiger partial charge in [-0.2, -0.15) is 0 Å². The van der Waals surface area contributed by atoms with Gasteiger partial charge in [-0.25, -0.2) is 13.1 Å². The average Bonchev–Trinajstić information content (AvgIpc) is 2.31. The Balaban J connectivity index is 2.99. The molecule has 0 aliphatic carbocycles. The molecular weight excluding hydrogens is 268 g/mol. The second-order valence-electron chi connectivity index (χ2n) is 4.70. The Hall–Kier alpha value is -1.31. The van der Waals surface area contributed by atoms with E-state index in [0.717, 1.165) is 0 Å². The molecule has 0 radical (unpaired) electrons. The molecule has 1 aromatic rings. The molecule has 0 aliphatic heterocycles. The molecule has 0 aliphatic rings. The average molecular weight is 288 g/mol. The quantitative estimate of drug-likeness (QED) is 0.454. The zero-order valence-electron chi connectivity index (χ0n) is 11.0. The largest absolute Gasteiger partial charge is 0.506 e. The Labute approximate surface area is 113 Å². The van der Waals surface area contributed by atoms with Crippen LogP contribution in [0.15, 0.2) is 23.1 Å². The number of anilines is 1. The van der Waals surface area contributed by atoms with Crippen molar-refractivity contribution >= 4 is 15.7 Å². The van der Waals surface area contributed by atoms with E-state index >= 15 is 0 Å². The monoisotopic (exact) mass is 288 g/mol. The van der Waals surface area contributed by atoms with Crippen molar-refractivity contribution in [1.82, 2.24) is 4.72 Å². The summed E-state index contributed by atoms with van der Waals surface area (Å²) < 4.78 is 26.8. The first kappa shape index (κ1) is 15.7. The number of aliphatic hydroxyl groups is 1. The van der Waals surface area contributed by atoms with E-state index in [1.54, 1.807) is 0 Å². The van der Waals surface area contributed by atoms with Gasteiger partial charge in [-0.15, -0.1) is 0 Å². The van der Waals surface area contributed by atoms with Gasteiger partial charge in [0.1, 0.15) is 5.75 Å². The lowest BCUT2D eigenvalue weighted by Gasteiger charge is -2.21. The van der Waals surface area contributed by atoms with Crippen molar-refractivity contribution in [3.8, 4) is 5.75 Å². The van der Waals surface area contributed by atoms with Gasteiger partial charge in [0.15, 0.2) is 0 Å². The minimum atomic E-state index is -3.72. The van der Waals surface area contributed by atoms with Crippen LogP contribution in [0.3, 0.4) is 0 Å². The van der Waals surface area contributed by atoms with Crippen LogP contribution in [-0.2, 0) is 10.0 Å². The number of nitrogen functional groups attached to an aromatic ring is 1. The second kappa shape index (κ2) is 6.23. The number of aliphatic hydroxyl groups excluding tert-OH is 1. The Bertz CT molecular complexity index is 529. The topological polar surface area (TPSA) is 113 Å². The number of rotatable bonds is 6. The van der Waals surface area contributed by atoms with Crippen LogP contribution >= 0.6 is 0 Å². The molecule has 6 nitrogen and oxygen atoms in total. The molecule has 7 heteroatoms. The fraction of sp³-hybridized carbons (Fsp3) is 0.500. The predicted molar refractivity (Wildman–Crippen MR) is 73.2 cm³/mol. The molecule has 0 aromatic heterocycles. The van der Waals surface area contributed by atoms with Gasteiger partial charge in [0.05, 0.1) is 10.6 Å². The van der Waals surface area contributed by atoms with Crippen LogP contribution < -0.4 is 10.5 Å². The predicted octanol–water partition coefficient (Wildman–Crippen LogP) is 0.660. The zero-order valence-corrected chi connectivity index (χ0v) is 11.8. The molecule has 5 N–H and O–H groups in total. The van der Waals surface area contributed by atoms with Crippen molar-refractivity contribution in [2.45, 2.75) is 31.2 Å². The van der Waals surface area contributed by atoms with Gasteiger partial charge >= 0.3 is 0 Å². The first-order valence-corrected chi connectivity index (χ1v) is 7.48. The van der Waals surface area contributed by atoms with Crippen LogP contribution in [0.2, 0.25) is 0 Å². The summed E-state index contributed by atoms with van der Waals surface area (Å²) in [6.07, 6.45) is 0.338. The molecule has 1 rings (SSSR count). The fourth-order valence-electron chi connectivity index (χ4n) is 1.63. The number of benzene rings is 1. The molecule has 0 saturated carbocycles. The molecule has 1 aromatic carbocycles. The number of hydrogen-bond acceptors (Lipinski definition) is 5. The maximum atomic E-state index is 12.2. The van der Waals surface area contributed by atoms with E-state index in [0.29, 0.717) is 6.42 Å². The molecule has 0 saturated heterocycles. The summed E-state index contributed by atoms with van der Waals surface area (Å²) in [4.78, 5) is -0.00797. The highest BCUT2D eigenvalue weighted by Gasteiger charge is 2.22. The summed E-state index contributed by atoms with van der Waals surface area (Å²) >= 11 is 0. The van der Waals surface area contributed by atoms with Crippen molar-refractivity contribution in [1.29, 1.82) is 0 Å². The highest BCUT2D eigenvalue weighted by Crippen LogP contribution is 2.23. The minimum absolute atomic E-state index is 0.00568. The smallest absolute Gasteiger partial charge is 0.240 e. The summed E-state index contributed by atoms with van der Waals surface area (Å²) in [7, 11) is -3.72. The Morgan fingerprint density at radius 2 is 2.00 bits per heavy atom. The third-order valence-corrected chi connectivity index (χ3v) is 4.35. The van der Waals surface area contributed by atoms with Gasteiger partial charge in [-0.3, -0.25) is 0 Å². The summed E-state index contributed by atoms with van der Waals surface area (Å²) in [6, 6.07) is 3.36. The lowest BCUT2D eigenvalue weighted by Crippen LogP contribution is -2.39. The molecule has 19 heavy (non-hydrogen) atoms. The van der Waals surface area contributed by atoms with Gasteiger partial charge in [0.2, 0.25) is 10.0 Å². The zero-order chi connectivity index (χ0) is 14.6. The minimum Gasteiger partial charge on any atom is -0.506 e. The molecule has 0 heterocycles. The van der Waals surface area contributed by atoms with Crippen molar-refractivity contribution in [3.63, 3.8) is 0 Å². The fourth-order valence-corrected chi connectivity index (χ4v) is 3.09. The Morgan fingerprint density at radius 1 is 1.37 bits per heavy atom. The first-order chi connectivity index (χ1) is 8.77. The molecular formula is C12H20N2O4S. The third kappa shape index (κ3) is 4.09. The molecule has 1 atom stereocenters. The molecule has 1 unspecified atom stereocenters. The van der Waals surface area contributed by atoms with E-state index in [9.17, 15) is 13.5 Å². The molecule has 0 spiro atoms. The van der Waals surface area contributed by atoms with Crippen molar-refractivity contribution in [2.24, 2.45) is 5.92 Å². The number of phenolic OH excluding ortho intramolecular Hbond substituents is 1. The lowest BCUT2D eigenvalue weighted by molar-refractivity contribution is 0.256. The number of sulfonamides is 1. The van der Waals surface area contributed by atoms with E-state index in [2.05, 4.69) is 4.72 Å². The third-order valence-electron chi connectivity index (χ3n) is 2.86. The van der Waals surface area contributed by atoms with E-state index < -0.39 is 10.0 Å². The van der Waals surface area contributed by atoms with Crippen LogP contribution in [0.25, 0.3) is 0 Å². The Kier molecular flexibility index (Phi) is 5.16. The van der Waals surface area contributed by atoms with E-state index in [4.69, 9.17) is 10.8 Å². The van der Waals surface area contributed by atoms with Crippen LogP contribution in [0.5, 0.6) is 5.75 Å². The van der Waals surface area contributed by atoms with E-state index in [1.165, 1.54) is 18.2 Å². The number of nitrogens with two attached hydrogens (primary N) is 1. The summed E-state index contributed by atoms with van der Waals surface area (Å²) in [5.41, 5.74) is 5.49. The maximum Gasteiger partial charge on any atom is 0.240 e. The van der Waals surface area contributed by atoms with Crippen LogP contribution in [0, 0.1) is 5.92 Å². The van der Waals surface area contributed by atoms with Gasteiger partial charge in [-0.05, 0) is 30.5 Å². The van der Waals surface area contributed by atoms with Crippen LogP contribution in [-0.4, -0.2) is 31.3 Å². The SMILES string of the molecule is CC(C)C(CCO)NS(=O)(=O)c1ccc(O)c(N)c1. The van der Waals surface area contributed by atoms with Gasteiger partial charge < -0.3 is 15.9 Å². The van der Waals surface area contributed by atoms with Gasteiger partial charge in [0, 0.05) is 12.6 Å². The number of aromatic hydroxyl groups is 1. The molecule has 0 fully saturated rings. The van der Waals surface area contributed by atoms with Crippen molar-refractivity contribution in [3.05, 3.63) is 18.2 Å². The molecule has 0 bridgehead atoms.